The van der Waals surface area contributed by atoms with E-state index in [2.05, 4.69) is 15.6 Å². The van der Waals surface area contributed by atoms with E-state index in [9.17, 15) is 4.79 Å². The minimum absolute atomic E-state index is 0.120. The maximum absolute atomic E-state index is 12.0. The molecular weight excluding hydrogens is 302 g/mol. The lowest BCUT2D eigenvalue weighted by molar-refractivity contribution is -0.142. The van der Waals surface area contributed by atoms with Crippen LogP contribution in [0, 0.1) is 12.8 Å². The highest BCUT2D eigenvalue weighted by atomic mass is 35.5. The molecule has 1 saturated heterocycles. The van der Waals surface area contributed by atoms with Gasteiger partial charge in [-0.15, -0.1) is 0 Å². The van der Waals surface area contributed by atoms with Crippen molar-refractivity contribution in [2.24, 2.45) is 5.92 Å². The molecule has 2 N–H and O–H groups in total. The van der Waals surface area contributed by atoms with Crippen LogP contribution >= 0.6 is 11.6 Å². The van der Waals surface area contributed by atoms with Crippen LogP contribution in [0.1, 0.15) is 37.7 Å². The van der Waals surface area contributed by atoms with Crippen molar-refractivity contribution in [1.82, 2.24) is 10.3 Å². The summed E-state index contributed by atoms with van der Waals surface area (Å²) in [5.41, 5.74) is 1.59. The number of carbonyl (C=O) groups excluding carboxylic acids is 1. The van der Waals surface area contributed by atoms with Crippen LogP contribution in [0.15, 0.2) is 12.4 Å². The number of urea groups is 1. The van der Waals surface area contributed by atoms with E-state index in [1.807, 2.05) is 6.92 Å². The number of nitrogens with zero attached hydrogens (tertiary/aromatic N) is 1. The summed E-state index contributed by atoms with van der Waals surface area (Å²) in [5.74, 6) is 0.499. The predicted molar refractivity (Wildman–Crippen MR) is 86.3 cm³/mol. The Labute approximate surface area is 135 Å². The molecule has 3 rings (SSSR count). The number of rotatable bonds is 3. The Hall–Kier alpha value is -1.33. The van der Waals surface area contributed by atoms with Gasteiger partial charge in [0.1, 0.15) is 0 Å². The van der Waals surface area contributed by atoms with Crippen molar-refractivity contribution >= 4 is 23.3 Å². The van der Waals surface area contributed by atoms with E-state index in [0.717, 1.165) is 25.0 Å². The average Bonchev–Trinajstić information content (AvgIpc) is 2.49. The Morgan fingerprint density at radius 3 is 3.05 bits per heavy atom. The van der Waals surface area contributed by atoms with Gasteiger partial charge in [0.2, 0.25) is 0 Å². The fraction of sp³-hybridized carbons (Fsp3) is 0.625. The first-order valence-corrected chi connectivity index (χ1v) is 8.25. The molecule has 1 atom stereocenters. The Kier molecular flexibility index (Phi) is 4.54. The third kappa shape index (κ3) is 3.36. The van der Waals surface area contributed by atoms with Crippen molar-refractivity contribution in [3.8, 4) is 0 Å². The highest BCUT2D eigenvalue weighted by molar-refractivity contribution is 6.31. The maximum Gasteiger partial charge on any atom is 0.319 e. The predicted octanol–water partition coefficient (Wildman–Crippen LogP) is 3.51. The molecule has 6 heteroatoms. The van der Waals surface area contributed by atoms with Crippen molar-refractivity contribution in [3.05, 3.63) is 23.0 Å². The summed E-state index contributed by atoms with van der Waals surface area (Å²) in [7, 11) is 0. The summed E-state index contributed by atoms with van der Waals surface area (Å²) in [4.78, 5) is 16.0. The lowest BCUT2D eigenvalue weighted by atomic mass is 9.72. The molecule has 0 bridgehead atoms. The summed E-state index contributed by atoms with van der Waals surface area (Å²) in [6, 6.07) is -0.207. The minimum atomic E-state index is -0.207. The third-order valence-electron chi connectivity index (χ3n) is 4.81. The van der Waals surface area contributed by atoms with Gasteiger partial charge in [-0.25, -0.2) is 4.79 Å². The molecule has 2 amide bonds. The first kappa shape index (κ1) is 15.6. The Morgan fingerprint density at radius 2 is 2.32 bits per heavy atom. The van der Waals surface area contributed by atoms with Gasteiger partial charge in [-0.1, -0.05) is 11.6 Å². The second-order valence-corrected chi connectivity index (χ2v) is 6.78. The maximum atomic E-state index is 12.0. The van der Waals surface area contributed by atoms with Gasteiger partial charge in [-0.2, -0.15) is 0 Å². The number of hydrogen-bond acceptors (Lipinski definition) is 3. The lowest BCUT2D eigenvalue weighted by Gasteiger charge is -2.47. The van der Waals surface area contributed by atoms with Gasteiger partial charge in [-0.05, 0) is 50.5 Å². The zero-order chi connectivity index (χ0) is 15.6. The molecule has 1 aromatic heterocycles. The van der Waals surface area contributed by atoms with Crippen LogP contribution in [0.25, 0.3) is 0 Å². The number of aromatic nitrogens is 1. The van der Waals surface area contributed by atoms with E-state index in [1.165, 1.54) is 19.3 Å². The molecule has 1 spiro atoms. The van der Waals surface area contributed by atoms with Gasteiger partial charge in [0.25, 0.3) is 0 Å². The first-order valence-electron chi connectivity index (χ1n) is 7.87. The van der Waals surface area contributed by atoms with Crippen LogP contribution < -0.4 is 10.6 Å². The first-order chi connectivity index (χ1) is 10.6. The normalized spacial score (nSPS) is 22.9. The highest BCUT2D eigenvalue weighted by Crippen LogP contribution is 2.44. The molecule has 2 aliphatic rings. The molecule has 22 heavy (non-hydrogen) atoms. The van der Waals surface area contributed by atoms with Crippen molar-refractivity contribution < 1.29 is 9.53 Å². The SMILES string of the molecule is Cc1c(Cl)cncc1NC(=O)NCC1CCOC2(CCC2)C1. The molecule has 0 aromatic carbocycles. The molecule has 1 aromatic rings. The summed E-state index contributed by atoms with van der Waals surface area (Å²) in [6.07, 6.45) is 8.86. The van der Waals surface area contributed by atoms with Crippen molar-refractivity contribution in [2.45, 2.75) is 44.6 Å². The van der Waals surface area contributed by atoms with Gasteiger partial charge >= 0.3 is 6.03 Å². The zero-order valence-electron chi connectivity index (χ0n) is 12.8. The second kappa shape index (κ2) is 6.42. The molecule has 0 radical (unpaired) electrons. The zero-order valence-corrected chi connectivity index (χ0v) is 13.6. The number of ether oxygens (including phenoxy) is 1. The highest BCUT2D eigenvalue weighted by Gasteiger charge is 2.42. The number of hydrogen-bond donors (Lipinski definition) is 2. The molecule has 2 heterocycles. The van der Waals surface area contributed by atoms with Gasteiger partial charge < -0.3 is 15.4 Å². The minimum Gasteiger partial charge on any atom is -0.375 e. The average molecular weight is 324 g/mol. The largest absolute Gasteiger partial charge is 0.375 e. The van der Waals surface area contributed by atoms with Gasteiger partial charge in [0.05, 0.1) is 22.5 Å². The molecule has 2 fully saturated rings. The Bertz CT molecular complexity index is 560. The summed E-state index contributed by atoms with van der Waals surface area (Å²) < 4.78 is 5.91. The molecule has 120 valence electrons. The fourth-order valence-corrected chi connectivity index (χ4v) is 3.41. The molecule has 5 nitrogen and oxygen atoms in total. The standard InChI is InChI=1S/C16H22ClN3O2/c1-11-13(17)9-18-10-14(11)20-15(21)19-8-12-3-6-22-16(7-12)4-2-5-16/h9-10,12H,2-8H2,1H3,(H2,19,20,21). The van der Waals surface area contributed by atoms with Crippen LogP contribution in [-0.2, 0) is 4.74 Å². The Balaban J connectivity index is 1.49. The molecule has 1 aliphatic carbocycles. The monoisotopic (exact) mass is 323 g/mol. The molecular formula is C16H22ClN3O2. The van der Waals surface area contributed by atoms with Gasteiger partial charge in [0, 0.05) is 19.3 Å². The molecule has 1 aliphatic heterocycles. The number of pyridine rings is 1. The van der Waals surface area contributed by atoms with E-state index in [-0.39, 0.29) is 11.6 Å². The van der Waals surface area contributed by atoms with E-state index in [4.69, 9.17) is 16.3 Å². The summed E-state index contributed by atoms with van der Waals surface area (Å²) in [6.45, 7) is 3.35. The lowest BCUT2D eigenvalue weighted by Crippen LogP contribution is -2.48. The van der Waals surface area contributed by atoms with Crippen LogP contribution in [0.4, 0.5) is 10.5 Å². The topological polar surface area (TPSA) is 63.2 Å². The number of halogens is 1. The van der Waals surface area contributed by atoms with E-state index in [0.29, 0.717) is 23.2 Å². The summed E-state index contributed by atoms with van der Waals surface area (Å²) >= 11 is 6.00. The van der Waals surface area contributed by atoms with E-state index < -0.39 is 0 Å². The van der Waals surface area contributed by atoms with Crippen LogP contribution in [0.5, 0.6) is 0 Å². The number of carbonyl (C=O) groups is 1. The van der Waals surface area contributed by atoms with Crippen LogP contribution in [0.2, 0.25) is 5.02 Å². The summed E-state index contributed by atoms with van der Waals surface area (Å²) in [5, 5.41) is 6.32. The van der Waals surface area contributed by atoms with Crippen LogP contribution in [0.3, 0.4) is 0 Å². The Morgan fingerprint density at radius 1 is 1.50 bits per heavy atom. The van der Waals surface area contributed by atoms with Crippen molar-refractivity contribution in [3.63, 3.8) is 0 Å². The second-order valence-electron chi connectivity index (χ2n) is 6.37. The number of nitrogens with one attached hydrogen (secondary N) is 2. The van der Waals surface area contributed by atoms with Crippen LogP contribution in [-0.4, -0.2) is 29.8 Å². The quantitative estimate of drug-likeness (QED) is 0.894. The molecule has 1 unspecified atom stereocenters. The van der Waals surface area contributed by atoms with E-state index >= 15 is 0 Å². The van der Waals surface area contributed by atoms with E-state index in [1.54, 1.807) is 12.4 Å². The number of amides is 2. The number of anilines is 1. The van der Waals surface area contributed by atoms with Crippen molar-refractivity contribution in [2.75, 3.05) is 18.5 Å². The fourth-order valence-electron chi connectivity index (χ4n) is 3.25. The van der Waals surface area contributed by atoms with Crippen molar-refractivity contribution in [1.29, 1.82) is 0 Å². The van der Waals surface area contributed by atoms with Gasteiger partial charge in [-0.3, -0.25) is 4.98 Å². The third-order valence-corrected chi connectivity index (χ3v) is 5.19. The molecule has 1 saturated carbocycles. The van der Waals surface area contributed by atoms with Gasteiger partial charge in [0.15, 0.2) is 0 Å². The smallest absolute Gasteiger partial charge is 0.319 e.